The molecule has 0 bridgehead atoms. The second kappa shape index (κ2) is 8.13. The van der Waals surface area contributed by atoms with E-state index in [1.54, 1.807) is 0 Å². The van der Waals surface area contributed by atoms with Gasteiger partial charge in [0.05, 0.1) is 6.61 Å². The summed E-state index contributed by atoms with van der Waals surface area (Å²) in [6.07, 6.45) is 10.9. The number of hydrogen-bond donors (Lipinski definition) is 1. The molecule has 2 rings (SSSR count). The molecule has 1 unspecified atom stereocenters. The number of hydrogen-bond acceptors (Lipinski definition) is 3. The summed E-state index contributed by atoms with van der Waals surface area (Å²) in [6, 6.07) is 4.48. The highest BCUT2D eigenvalue weighted by Gasteiger charge is 2.23. The molecule has 1 aromatic heterocycles. The van der Waals surface area contributed by atoms with E-state index in [0.717, 1.165) is 36.9 Å². The first kappa shape index (κ1) is 15.1. The van der Waals surface area contributed by atoms with Crippen LogP contribution in [0.25, 0.3) is 0 Å². The Kier molecular flexibility index (Phi) is 6.16. The average molecular weight is 276 g/mol. The van der Waals surface area contributed by atoms with Crippen LogP contribution in [0.1, 0.15) is 58.8 Å². The van der Waals surface area contributed by atoms with E-state index in [2.05, 4.69) is 24.1 Å². The summed E-state index contributed by atoms with van der Waals surface area (Å²) >= 11 is 0. The first-order valence-corrected chi connectivity index (χ1v) is 8.19. The average Bonchev–Trinajstić information content (AvgIpc) is 2.52. The number of anilines is 1. The minimum absolute atomic E-state index is 0.522. The van der Waals surface area contributed by atoms with Gasteiger partial charge in [-0.05, 0) is 43.7 Å². The third kappa shape index (κ3) is 4.12. The Balaban J connectivity index is 2.02. The molecule has 20 heavy (non-hydrogen) atoms. The molecule has 1 N–H and O–H groups in total. The first-order valence-electron chi connectivity index (χ1n) is 8.19. The largest absolute Gasteiger partial charge is 0.490 e. The van der Waals surface area contributed by atoms with E-state index in [0.29, 0.717) is 6.04 Å². The Morgan fingerprint density at radius 1 is 1.30 bits per heavy atom. The van der Waals surface area contributed by atoms with Crippen LogP contribution in [-0.2, 0) is 0 Å². The smallest absolute Gasteiger partial charge is 0.168 e. The summed E-state index contributed by atoms with van der Waals surface area (Å²) in [5.41, 5.74) is 0. The monoisotopic (exact) mass is 276 g/mol. The molecule has 0 saturated heterocycles. The quantitative estimate of drug-likeness (QED) is 0.787. The highest BCUT2D eigenvalue weighted by atomic mass is 16.5. The van der Waals surface area contributed by atoms with Crippen molar-refractivity contribution in [3.05, 3.63) is 18.3 Å². The molecule has 0 amide bonds. The Bertz CT molecular complexity index is 388. The van der Waals surface area contributed by atoms with Crippen molar-refractivity contribution in [3.63, 3.8) is 0 Å². The van der Waals surface area contributed by atoms with E-state index >= 15 is 0 Å². The van der Waals surface area contributed by atoms with Crippen molar-refractivity contribution in [3.8, 4) is 5.75 Å². The second-order valence-corrected chi connectivity index (χ2v) is 5.76. The summed E-state index contributed by atoms with van der Waals surface area (Å²) < 4.78 is 5.79. The molecule has 1 aromatic rings. The van der Waals surface area contributed by atoms with Gasteiger partial charge in [0.25, 0.3) is 0 Å². The van der Waals surface area contributed by atoms with Gasteiger partial charge < -0.3 is 10.1 Å². The molecular weight excluding hydrogens is 248 g/mol. The van der Waals surface area contributed by atoms with Crippen molar-refractivity contribution in [2.75, 3.05) is 11.9 Å². The minimum Gasteiger partial charge on any atom is -0.490 e. The van der Waals surface area contributed by atoms with Crippen molar-refractivity contribution < 1.29 is 4.74 Å². The van der Waals surface area contributed by atoms with Crippen molar-refractivity contribution in [2.45, 2.75) is 64.8 Å². The lowest BCUT2D eigenvalue weighted by atomic mass is 9.83. The fourth-order valence-electron chi connectivity index (χ4n) is 3.09. The zero-order chi connectivity index (χ0) is 14.2. The third-order valence-corrected chi connectivity index (χ3v) is 4.21. The summed E-state index contributed by atoms with van der Waals surface area (Å²) in [5.74, 6) is 2.59. The van der Waals surface area contributed by atoms with E-state index in [1.165, 1.54) is 32.1 Å². The van der Waals surface area contributed by atoms with Gasteiger partial charge in [0, 0.05) is 12.2 Å². The molecule has 1 fully saturated rings. The molecule has 0 aromatic carbocycles. The van der Waals surface area contributed by atoms with E-state index < -0.39 is 0 Å². The van der Waals surface area contributed by atoms with E-state index in [-0.39, 0.29) is 0 Å². The second-order valence-electron chi connectivity index (χ2n) is 5.76. The van der Waals surface area contributed by atoms with E-state index in [9.17, 15) is 0 Å². The van der Waals surface area contributed by atoms with Crippen molar-refractivity contribution in [1.82, 2.24) is 4.98 Å². The molecule has 1 aliphatic rings. The van der Waals surface area contributed by atoms with Gasteiger partial charge in [0.15, 0.2) is 11.6 Å². The molecule has 0 aliphatic heterocycles. The van der Waals surface area contributed by atoms with Crippen molar-refractivity contribution in [2.24, 2.45) is 5.92 Å². The van der Waals surface area contributed by atoms with Gasteiger partial charge in [-0.2, -0.15) is 0 Å². The van der Waals surface area contributed by atoms with Crippen LogP contribution in [0.2, 0.25) is 0 Å². The van der Waals surface area contributed by atoms with Crippen LogP contribution in [0.15, 0.2) is 18.3 Å². The Hall–Kier alpha value is -1.25. The predicted octanol–water partition coefficient (Wildman–Crippen LogP) is 4.64. The van der Waals surface area contributed by atoms with Gasteiger partial charge in [-0.1, -0.05) is 33.1 Å². The number of pyridine rings is 1. The molecule has 3 heteroatoms. The van der Waals surface area contributed by atoms with Gasteiger partial charge >= 0.3 is 0 Å². The number of nitrogens with zero attached hydrogens (tertiary/aromatic N) is 1. The Morgan fingerprint density at radius 2 is 2.10 bits per heavy atom. The van der Waals surface area contributed by atoms with Crippen LogP contribution in [0.3, 0.4) is 0 Å². The van der Waals surface area contributed by atoms with Gasteiger partial charge in [0.1, 0.15) is 0 Å². The van der Waals surface area contributed by atoms with E-state index in [4.69, 9.17) is 4.74 Å². The van der Waals surface area contributed by atoms with Crippen LogP contribution < -0.4 is 10.1 Å². The molecule has 3 nitrogen and oxygen atoms in total. The number of rotatable bonds is 7. The predicted molar refractivity (Wildman–Crippen MR) is 84.3 cm³/mol. The Morgan fingerprint density at radius 3 is 2.80 bits per heavy atom. The Labute approximate surface area is 123 Å². The zero-order valence-corrected chi connectivity index (χ0v) is 12.9. The number of nitrogens with one attached hydrogen (secondary N) is 1. The highest BCUT2D eigenvalue weighted by molar-refractivity contribution is 5.50. The summed E-state index contributed by atoms with van der Waals surface area (Å²) in [4.78, 5) is 4.48. The summed E-state index contributed by atoms with van der Waals surface area (Å²) in [6.45, 7) is 5.14. The molecule has 0 spiro atoms. The maximum Gasteiger partial charge on any atom is 0.168 e. The molecule has 1 heterocycles. The standard InChI is InChI=1S/C17H28N2O/c1-3-13-20-16-11-8-12-18-17(16)19-15(4-2)14-9-6-5-7-10-14/h8,11-12,14-15H,3-7,9-10,13H2,1-2H3,(H,18,19). The van der Waals surface area contributed by atoms with Crippen LogP contribution in [-0.4, -0.2) is 17.6 Å². The fourth-order valence-corrected chi connectivity index (χ4v) is 3.09. The van der Waals surface area contributed by atoms with Crippen molar-refractivity contribution >= 4 is 5.82 Å². The topological polar surface area (TPSA) is 34.1 Å². The highest BCUT2D eigenvalue weighted by Crippen LogP contribution is 2.31. The SMILES string of the molecule is CCCOc1cccnc1NC(CC)C1CCCCC1. The summed E-state index contributed by atoms with van der Waals surface area (Å²) in [5, 5.41) is 3.64. The summed E-state index contributed by atoms with van der Waals surface area (Å²) in [7, 11) is 0. The minimum atomic E-state index is 0.522. The number of aromatic nitrogens is 1. The normalized spacial score (nSPS) is 17.7. The maximum absolute atomic E-state index is 5.79. The van der Waals surface area contributed by atoms with Gasteiger partial charge in [-0.25, -0.2) is 4.98 Å². The van der Waals surface area contributed by atoms with Gasteiger partial charge in [-0.3, -0.25) is 0 Å². The van der Waals surface area contributed by atoms with Crippen LogP contribution in [0.5, 0.6) is 5.75 Å². The van der Waals surface area contributed by atoms with Crippen LogP contribution >= 0.6 is 0 Å². The van der Waals surface area contributed by atoms with Gasteiger partial charge in [-0.15, -0.1) is 0 Å². The molecule has 112 valence electrons. The van der Waals surface area contributed by atoms with Crippen LogP contribution in [0.4, 0.5) is 5.82 Å². The number of ether oxygens (including phenoxy) is 1. The molecule has 1 atom stereocenters. The molecular formula is C17H28N2O. The third-order valence-electron chi connectivity index (χ3n) is 4.21. The molecule has 1 aliphatic carbocycles. The lowest BCUT2D eigenvalue weighted by molar-refractivity contribution is 0.305. The van der Waals surface area contributed by atoms with E-state index in [1.807, 2.05) is 18.3 Å². The zero-order valence-electron chi connectivity index (χ0n) is 12.9. The lowest BCUT2D eigenvalue weighted by Crippen LogP contribution is -2.30. The molecule has 0 radical (unpaired) electrons. The maximum atomic E-state index is 5.79. The van der Waals surface area contributed by atoms with Gasteiger partial charge in [0.2, 0.25) is 0 Å². The van der Waals surface area contributed by atoms with Crippen LogP contribution in [0, 0.1) is 5.92 Å². The first-order chi connectivity index (χ1) is 9.85. The van der Waals surface area contributed by atoms with Crippen molar-refractivity contribution in [1.29, 1.82) is 0 Å². The fraction of sp³-hybridized carbons (Fsp3) is 0.706. The molecule has 1 saturated carbocycles. The lowest BCUT2D eigenvalue weighted by Gasteiger charge is -2.31.